The number of aromatic nitrogens is 3. The third-order valence-electron chi connectivity index (χ3n) is 5.65. The molecule has 1 aromatic carbocycles. The number of methoxy groups -OCH3 is 1. The molecule has 1 amide bonds. The molecular formula is C24H18N4O5S. The smallest absolute Gasteiger partial charge is 0.337 e. The maximum absolute atomic E-state index is 13.3. The summed E-state index contributed by atoms with van der Waals surface area (Å²) in [5.74, 6) is -2.48. The fraction of sp³-hybridized carbons (Fsp3) is 0.125. The highest BCUT2D eigenvalue weighted by molar-refractivity contribution is 7.14. The SMILES string of the molecule is COC(=O)c1ccc(C2C(=C(O)c3c(C)nc4ccccn34)C(=O)C(=O)N2c2nccs2)cc1. The van der Waals surface area contributed by atoms with Crippen molar-refractivity contribution in [1.82, 2.24) is 14.4 Å². The first-order valence-electron chi connectivity index (χ1n) is 10.2. The molecular weight excluding hydrogens is 456 g/mol. The lowest BCUT2D eigenvalue weighted by Gasteiger charge is -2.23. The Morgan fingerprint density at radius 2 is 1.91 bits per heavy atom. The summed E-state index contributed by atoms with van der Waals surface area (Å²) >= 11 is 1.20. The predicted molar refractivity (Wildman–Crippen MR) is 125 cm³/mol. The molecule has 9 nitrogen and oxygen atoms in total. The molecule has 4 heterocycles. The lowest BCUT2D eigenvalue weighted by Crippen LogP contribution is -2.29. The molecule has 10 heteroatoms. The molecule has 1 atom stereocenters. The van der Waals surface area contributed by atoms with Gasteiger partial charge in [-0.1, -0.05) is 18.2 Å². The van der Waals surface area contributed by atoms with Crippen LogP contribution < -0.4 is 4.90 Å². The highest BCUT2D eigenvalue weighted by Crippen LogP contribution is 2.43. The van der Waals surface area contributed by atoms with Crippen molar-refractivity contribution in [2.75, 3.05) is 12.0 Å². The van der Waals surface area contributed by atoms with Crippen LogP contribution in [0.2, 0.25) is 0 Å². The fourth-order valence-electron chi connectivity index (χ4n) is 4.13. The van der Waals surface area contributed by atoms with Gasteiger partial charge < -0.3 is 9.84 Å². The number of hydrogen-bond donors (Lipinski definition) is 1. The molecule has 5 rings (SSSR count). The van der Waals surface area contributed by atoms with Gasteiger partial charge in [0.05, 0.1) is 30.0 Å². The molecule has 0 spiro atoms. The number of rotatable bonds is 4. The number of esters is 1. The molecule has 34 heavy (non-hydrogen) atoms. The quantitative estimate of drug-likeness (QED) is 0.208. The summed E-state index contributed by atoms with van der Waals surface area (Å²) < 4.78 is 6.42. The Morgan fingerprint density at radius 1 is 1.15 bits per heavy atom. The lowest BCUT2D eigenvalue weighted by atomic mass is 9.95. The van der Waals surface area contributed by atoms with Gasteiger partial charge in [-0.2, -0.15) is 0 Å². The van der Waals surface area contributed by atoms with E-state index in [1.165, 1.54) is 29.5 Å². The van der Waals surface area contributed by atoms with E-state index in [9.17, 15) is 19.5 Å². The van der Waals surface area contributed by atoms with Crippen molar-refractivity contribution in [3.63, 3.8) is 0 Å². The number of ketones is 1. The zero-order valence-corrected chi connectivity index (χ0v) is 18.9. The standard InChI is InChI=1S/C24H18N4O5S/c1-13-18(27-11-4-3-5-16(27)26-13)20(29)17-19(14-6-8-15(9-7-14)23(32)33-2)28(22(31)21(17)30)24-25-10-12-34-24/h3-12,19,29H,1-2H3. The summed E-state index contributed by atoms with van der Waals surface area (Å²) in [6.07, 6.45) is 3.26. The van der Waals surface area contributed by atoms with Crippen molar-refractivity contribution < 1.29 is 24.2 Å². The van der Waals surface area contributed by atoms with Crippen molar-refractivity contribution in [3.05, 3.63) is 88.3 Å². The molecule has 0 aliphatic carbocycles. The third kappa shape index (κ3) is 3.27. The Hall–Kier alpha value is -4.31. The number of anilines is 1. The van der Waals surface area contributed by atoms with Crippen LogP contribution in [-0.4, -0.2) is 44.2 Å². The summed E-state index contributed by atoms with van der Waals surface area (Å²) in [5.41, 5.74) is 2.17. The highest BCUT2D eigenvalue weighted by Gasteiger charge is 2.48. The van der Waals surface area contributed by atoms with E-state index >= 15 is 0 Å². The van der Waals surface area contributed by atoms with Crippen molar-refractivity contribution in [2.45, 2.75) is 13.0 Å². The van der Waals surface area contributed by atoms with Gasteiger partial charge in [0, 0.05) is 17.8 Å². The number of ether oxygens (including phenoxy) is 1. The summed E-state index contributed by atoms with van der Waals surface area (Å²) in [7, 11) is 1.28. The minimum atomic E-state index is -0.952. The first kappa shape index (κ1) is 21.5. The molecule has 1 fully saturated rings. The number of imidazole rings is 1. The first-order valence-corrected chi connectivity index (χ1v) is 11.1. The molecule has 4 aromatic rings. The number of aliphatic hydroxyl groups is 1. The number of aliphatic hydroxyl groups excluding tert-OH is 1. The zero-order valence-electron chi connectivity index (χ0n) is 18.1. The maximum Gasteiger partial charge on any atom is 0.337 e. The number of thiazole rings is 1. The average Bonchev–Trinajstić information content (AvgIpc) is 3.55. The fourth-order valence-corrected chi connectivity index (χ4v) is 4.79. The summed E-state index contributed by atoms with van der Waals surface area (Å²) in [6, 6.07) is 10.8. The van der Waals surface area contributed by atoms with Crippen LogP contribution in [0, 0.1) is 6.92 Å². The maximum atomic E-state index is 13.3. The van der Waals surface area contributed by atoms with Crippen LogP contribution in [0.25, 0.3) is 11.4 Å². The Labute approximate surface area is 197 Å². The van der Waals surface area contributed by atoms with Gasteiger partial charge in [-0.05, 0) is 36.8 Å². The van der Waals surface area contributed by atoms with E-state index in [1.54, 1.807) is 59.3 Å². The number of amides is 1. The van der Waals surface area contributed by atoms with Crippen LogP contribution in [-0.2, 0) is 14.3 Å². The van der Waals surface area contributed by atoms with Gasteiger partial charge >= 0.3 is 11.9 Å². The van der Waals surface area contributed by atoms with Gasteiger partial charge in [0.2, 0.25) is 0 Å². The van der Waals surface area contributed by atoms with Crippen molar-refractivity contribution in [3.8, 4) is 0 Å². The van der Waals surface area contributed by atoms with Crippen LogP contribution >= 0.6 is 11.3 Å². The van der Waals surface area contributed by atoms with Crippen LogP contribution in [0.3, 0.4) is 0 Å². The van der Waals surface area contributed by atoms with Gasteiger partial charge in [0.15, 0.2) is 10.9 Å². The van der Waals surface area contributed by atoms with Crippen LogP contribution in [0.15, 0.2) is 65.8 Å². The minimum Gasteiger partial charge on any atom is -0.505 e. The molecule has 1 aliphatic rings. The highest BCUT2D eigenvalue weighted by atomic mass is 32.1. The summed E-state index contributed by atoms with van der Waals surface area (Å²) in [6.45, 7) is 1.72. The molecule has 1 saturated heterocycles. The number of Topliss-reactive ketones (excluding diaryl/α,β-unsaturated/α-hetero) is 1. The number of pyridine rings is 1. The molecule has 0 radical (unpaired) electrons. The largest absolute Gasteiger partial charge is 0.505 e. The second-order valence-electron chi connectivity index (χ2n) is 7.57. The molecule has 1 N–H and O–H groups in total. The van der Waals surface area contributed by atoms with Gasteiger partial charge in [-0.25, -0.2) is 14.8 Å². The Kier molecular flexibility index (Phi) is 5.21. The first-order chi connectivity index (χ1) is 16.4. The van der Waals surface area contributed by atoms with E-state index < -0.39 is 23.7 Å². The summed E-state index contributed by atoms with van der Waals surface area (Å²) in [4.78, 5) is 48.2. The van der Waals surface area contributed by atoms with Crippen LogP contribution in [0.5, 0.6) is 0 Å². The van der Waals surface area contributed by atoms with E-state index in [2.05, 4.69) is 9.97 Å². The number of carbonyl (C=O) groups excluding carboxylic acids is 3. The van der Waals surface area contributed by atoms with E-state index in [4.69, 9.17) is 4.74 Å². The lowest BCUT2D eigenvalue weighted by molar-refractivity contribution is -0.132. The van der Waals surface area contributed by atoms with Crippen LogP contribution in [0.4, 0.5) is 5.13 Å². The average molecular weight is 474 g/mol. The van der Waals surface area contributed by atoms with Gasteiger partial charge in [-0.3, -0.25) is 18.9 Å². The van der Waals surface area contributed by atoms with E-state index in [0.717, 1.165) is 0 Å². The number of aryl methyl sites for hydroxylation is 1. The summed E-state index contributed by atoms with van der Waals surface area (Å²) in [5, 5.41) is 13.4. The topological polar surface area (TPSA) is 114 Å². The number of fused-ring (bicyclic) bond motifs is 1. The number of hydrogen-bond acceptors (Lipinski definition) is 8. The molecule has 1 unspecified atom stereocenters. The normalized spacial score (nSPS) is 17.5. The number of benzene rings is 1. The molecule has 0 bridgehead atoms. The molecule has 1 aliphatic heterocycles. The molecule has 170 valence electrons. The minimum absolute atomic E-state index is 0.0835. The van der Waals surface area contributed by atoms with Gasteiger partial charge in [0.1, 0.15) is 11.3 Å². The predicted octanol–water partition coefficient (Wildman–Crippen LogP) is 3.51. The second kappa shape index (κ2) is 8.23. The van der Waals surface area contributed by atoms with Crippen molar-refractivity contribution >= 4 is 45.5 Å². The number of carbonyl (C=O) groups is 3. The Balaban J connectivity index is 1.74. The van der Waals surface area contributed by atoms with E-state index in [0.29, 0.717) is 33.3 Å². The zero-order chi connectivity index (χ0) is 24.0. The second-order valence-corrected chi connectivity index (χ2v) is 8.45. The van der Waals surface area contributed by atoms with E-state index in [-0.39, 0.29) is 11.3 Å². The van der Waals surface area contributed by atoms with Crippen LogP contribution in [0.1, 0.15) is 33.4 Å². The molecule has 3 aromatic heterocycles. The third-order valence-corrected chi connectivity index (χ3v) is 6.42. The molecule has 0 saturated carbocycles. The van der Waals surface area contributed by atoms with Gasteiger partial charge in [-0.15, -0.1) is 11.3 Å². The Morgan fingerprint density at radius 3 is 2.59 bits per heavy atom. The van der Waals surface area contributed by atoms with Crippen molar-refractivity contribution in [1.29, 1.82) is 0 Å². The van der Waals surface area contributed by atoms with E-state index in [1.807, 2.05) is 6.07 Å². The Bertz CT molecular complexity index is 1470. The van der Waals surface area contributed by atoms with Crippen molar-refractivity contribution in [2.24, 2.45) is 0 Å². The van der Waals surface area contributed by atoms with Gasteiger partial charge in [0.25, 0.3) is 5.78 Å². The number of nitrogens with zero attached hydrogens (tertiary/aromatic N) is 4. The monoisotopic (exact) mass is 474 g/mol.